The van der Waals surface area contributed by atoms with E-state index in [4.69, 9.17) is 0 Å². The van der Waals surface area contributed by atoms with Crippen molar-refractivity contribution in [3.8, 4) is 11.4 Å². The zero-order chi connectivity index (χ0) is 19.7. The summed E-state index contributed by atoms with van der Waals surface area (Å²) in [7, 11) is 0. The third-order valence-corrected chi connectivity index (χ3v) is 4.15. The van der Waals surface area contributed by atoms with Gasteiger partial charge >= 0.3 is 0 Å². The van der Waals surface area contributed by atoms with Crippen molar-refractivity contribution < 1.29 is 14.7 Å². The van der Waals surface area contributed by atoms with Crippen LogP contribution in [-0.4, -0.2) is 36.9 Å². The van der Waals surface area contributed by atoms with Crippen LogP contribution in [-0.2, 0) is 0 Å². The van der Waals surface area contributed by atoms with Gasteiger partial charge in [0.25, 0.3) is 11.8 Å². The summed E-state index contributed by atoms with van der Waals surface area (Å²) in [5.41, 5.74) is 6.83. The highest BCUT2D eigenvalue weighted by molar-refractivity contribution is 6.06. The van der Waals surface area contributed by atoms with Gasteiger partial charge in [0.15, 0.2) is 17.1 Å². The molecule has 9 nitrogen and oxygen atoms in total. The summed E-state index contributed by atoms with van der Waals surface area (Å²) >= 11 is 0. The van der Waals surface area contributed by atoms with Crippen LogP contribution in [0.5, 0.6) is 5.75 Å². The van der Waals surface area contributed by atoms with Crippen molar-refractivity contribution in [3.05, 3.63) is 71.7 Å². The summed E-state index contributed by atoms with van der Waals surface area (Å²) in [4.78, 5) is 24.7. The van der Waals surface area contributed by atoms with Crippen LogP contribution in [0.4, 0.5) is 0 Å². The summed E-state index contributed by atoms with van der Waals surface area (Å²) in [5, 5.41) is 21.5. The molecule has 0 aliphatic carbocycles. The van der Waals surface area contributed by atoms with Crippen LogP contribution in [0.25, 0.3) is 16.6 Å². The second-order valence-corrected chi connectivity index (χ2v) is 6.17. The second-order valence-electron chi connectivity index (χ2n) is 6.17. The van der Waals surface area contributed by atoms with Crippen molar-refractivity contribution in [2.24, 2.45) is 0 Å². The van der Waals surface area contributed by atoms with E-state index in [2.05, 4.69) is 26.1 Å². The minimum Gasteiger partial charge on any atom is -0.504 e. The monoisotopic (exact) mass is 376 g/mol. The Morgan fingerprint density at radius 3 is 2.50 bits per heavy atom. The molecule has 0 fully saturated rings. The number of aromatic amines is 1. The maximum absolute atomic E-state index is 12.4. The van der Waals surface area contributed by atoms with Crippen molar-refractivity contribution in [2.45, 2.75) is 6.92 Å². The molecule has 0 aliphatic rings. The Kier molecular flexibility index (Phi) is 4.24. The lowest BCUT2D eigenvalue weighted by Gasteiger charge is -2.05. The molecule has 9 heteroatoms. The largest absolute Gasteiger partial charge is 0.504 e. The van der Waals surface area contributed by atoms with Crippen LogP contribution in [0.1, 0.15) is 26.5 Å². The first-order chi connectivity index (χ1) is 13.5. The number of hydrogen-bond acceptors (Lipinski definition) is 5. The lowest BCUT2D eigenvalue weighted by atomic mass is 10.1. The summed E-state index contributed by atoms with van der Waals surface area (Å²) in [6, 6.07) is 14.6. The zero-order valence-electron chi connectivity index (χ0n) is 14.8. The van der Waals surface area contributed by atoms with Crippen LogP contribution < -0.4 is 10.9 Å². The van der Waals surface area contributed by atoms with Crippen molar-refractivity contribution in [1.82, 2.24) is 30.8 Å². The average molecular weight is 376 g/mol. The van der Waals surface area contributed by atoms with Crippen molar-refractivity contribution in [2.75, 3.05) is 0 Å². The highest BCUT2D eigenvalue weighted by Crippen LogP contribution is 2.19. The topological polar surface area (TPSA) is 125 Å². The molecule has 0 radical (unpaired) electrons. The number of carbonyl (C=O) groups is 2. The SMILES string of the molecule is Cc1ccc2[nH]nc(C(=O)NNC(=O)c3nn(-c4ccccc4)cc3O)c2c1. The van der Waals surface area contributed by atoms with Crippen LogP contribution in [0.3, 0.4) is 0 Å². The third-order valence-electron chi connectivity index (χ3n) is 4.15. The van der Waals surface area contributed by atoms with Gasteiger partial charge in [0, 0.05) is 5.39 Å². The first-order valence-corrected chi connectivity index (χ1v) is 8.42. The molecule has 2 heterocycles. The van der Waals surface area contributed by atoms with Gasteiger partial charge in [-0.1, -0.05) is 29.8 Å². The van der Waals surface area contributed by atoms with Gasteiger partial charge in [0.2, 0.25) is 0 Å². The standard InChI is InChI=1S/C19H16N6O3/c1-11-7-8-14-13(9-11)16(21-20-14)18(27)22-23-19(28)17-15(26)10-25(24-17)12-5-3-2-4-6-12/h2-10,26H,1H3,(H,20,21)(H,22,27)(H,23,28). The molecule has 0 unspecified atom stereocenters. The number of aromatic hydroxyl groups is 1. The fraction of sp³-hybridized carbons (Fsp3) is 0.0526. The van der Waals surface area contributed by atoms with Gasteiger partial charge in [-0.2, -0.15) is 10.2 Å². The molecule has 4 aromatic rings. The maximum atomic E-state index is 12.4. The van der Waals surface area contributed by atoms with E-state index >= 15 is 0 Å². The fourth-order valence-corrected chi connectivity index (χ4v) is 2.77. The molecular formula is C19H16N6O3. The van der Waals surface area contributed by atoms with E-state index < -0.39 is 11.8 Å². The number of amides is 2. The number of carbonyl (C=O) groups excluding carboxylic acids is 2. The Morgan fingerprint density at radius 1 is 1.04 bits per heavy atom. The van der Waals surface area contributed by atoms with E-state index in [0.29, 0.717) is 16.6 Å². The fourth-order valence-electron chi connectivity index (χ4n) is 2.77. The molecule has 2 aromatic heterocycles. The van der Waals surface area contributed by atoms with Gasteiger partial charge in [-0.05, 0) is 31.2 Å². The summed E-state index contributed by atoms with van der Waals surface area (Å²) < 4.78 is 1.37. The number of aromatic nitrogens is 4. The lowest BCUT2D eigenvalue weighted by molar-refractivity contribution is 0.0840. The predicted octanol–water partition coefficient (Wildman–Crippen LogP) is 1.84. The van der Waals surface area contributed by atoms with Gasteiger partial charge in [0.05, 0.1) is 17.4 Å². The number of benzene rings is 2. The van der Waals surface area contributed by atoms with Crippen LogP contribution in [0.2, 0.25) is 0 Å². The number of hydrogen-bond donors (Lipinski definition) is 4. The number of para-hydroxylation sites is 1. The van der Waals surface area contributed by atoms with Crippen LogP contribution in [0, 0.1) is 6.92 Å². The highest BCUT2D eigenvalue weighted by atomic mass is 16.3. The molecule has 0 saturated carbocycles. The molecular weight excluding hydrogens is 360 g/mol. The van der Waals surface area contributed by atoms with Gasteiger partial charge < -0.3 is 5.11 Å². The van der Waals surface area contributed by atoms with Crippen LogP contribution >= 0.6 is 0 Å². The maximum Gasteiger partial charge on any atom is 0.294 e. The molecule has 4 rings (SSSR count). The first kappa shape index (κ1) is 17.3. The van der Waals surface area contributed by atoms with E-state index in [1.165, 1.54) is 10.9 Å². The average Bonchev–Trinajstić information content (AvgIpc) is 3.30. The zero-order valence-corrected chi connectivity index (χ0v) is 14.8. The summed E-state index contributed by atoms with van der Waals surface area (Å²) in [6.45, 7) is 1.90. The molecule has 4 N–H and O–H groups in total. The van der Waals surface area contributed by atoms with Crippen molar-refractivity contribution in [3.63, 3.8) is 0 Å². The number of nitrogens with zero attached hydrogens (tertiary/aromatic N) is 3. The van der Waals surface area contributed by atoms with E-state index in [1.807, 2.05) is 43.3 Å². The van der Waals surface area contributed by atoms with E-state index in [0.717, 1.165) is 5.56 Å². The molecule has 0 spiro atoms. The Morgan fingerprint density at radius 2 is 1.75 bits per heavy atom. The molecule has 28 heavy (non-hydrogen) atoms. The number of nitrogens with one attached hydrogen (secondary N) is 3. The van der Waals surface area contributed by atoms with Gasteiger partial charge in [-0.3, -0.25) is 25.5 Å². The van der Waals surface area contributed by atoms with Gasteiger partial charge in [0.1, 0.15) is 0 Å². The lowest BCUT2D eigenvalue weighted by Crippen LogP contribution is -2.42. The number of hydrazine groups is 1. The summed E-state index contributed by atoms with van der Waals surface area (Å²) in [5.74, 6) is -1.65. The molecule has 0 bridgehead atoms. The van der Waals surface area contributed by atoms with Crippen molar-refractivity contribution in [1.29, 1.82) is 0 Å². The number of fused-ring (bicyclic) bond motifs is 1. The van der Waals surface area contributed by atoms with Gasteiger partial charge in [-0.25, -0.2) is 4.68 Å². The molecule has 0 atom stereocenters. The van der Waals surface area contributed by atoms with Crippen LogP contribution in [0.15, 0.2) is 54.7 Å². The Hall–Kier alpha value is -4.14. The van der Waals surface area contributed by atoms with E-state index in [1.54, 1.807) is 12.1 Å². The van der Waals surface area contributed by atoms with E-state index in [9.17, 15) is 14.7 Å². The van der Waals surface area contributed by atoms with Gasteiger partial charge in [-0.15, -0.1) is 0 Å². The molecule has 140 valence electrons. The molecule has 0 aliphatic heterocycles. The Labute approximate surface area is 159 Å². The minimum absolute atomic E-state index is 0.151. The molecule has 0 saturated heterocycles. The molecule has 2 amide bonds. The summed E-state index contributed by atoms with van der Waals surface area (Å²) in [6.07, 6.45) is 1.32. The first-order valence-electron chi connectivity index (χ1n) is 8.42. The van der Waals surface area contributed by atoms with E-state index in [-0.39, 0.29) is 17.1 Å². The smallest absolute Gasteiger partial charge is 0.294 e. The quantitative estimate of drug-likeness (QED) is 0.406. The highest BCUT2D eigenvalue weighted by Gasteiger charge is 2.19. The van der Waals surface area contributed by atoms with Crippen molar-refractivity contribution >= 4 is 22.7 Å². The second kappa shape index (κ2) is 6.88. The number of rotatable bonds is 3. The number of H-pyrrole nitrogens is 1. The molecule has 2 aromatic carbocycles. The third kappa shape index (κ3) is 3.16. The minimum atomic E-state index is -0.753. The number of aryl methyl sites for hydroxylation is 1. The Bertz CT molecular complexity index is 1180. The normalized spacial score (nSPS) is 10.8. The Balaban J connectivity index is 1.49. The predicted molar refractivity (Wildman–Crippen MR) is 101 cm³/mol.